The van der Waals surface area contributed by atoms with Crippen molar-refractivity contribution in [3.63, 3.8) is 0 Å². The number of carbonyl (C=O) groups is 2. The van der Waals surface area contributed by atoms with Crippen LogP contribution in [0.1, 0.15) is 36.4 Å². The highest BCUT2D eigenvalue weighted by Crippen LogP contribution is 2.42. The van der Waals surface area contributed by atoms with Crippen LogP contribution in [0.4, 0.5) is 0 Å². The van der Waals surface area contributed by atoms with E-state index in [4.69, 9.17) is 21.1 Å². The average molecular weight is 408 g/mol. The van der Waals surface area contributed by atoms with Crippen molar-refractivity contribution < 1.29 is 24.2 Å². The zero-order chi connectivity index (χ0) is 19.7. The molecule has 1 aliphatic heterocycles. The highest BCUT2D eigenvalue weighted by molar-refractivity contribution is 7.16. The molecule has 8 heteroatoms. The lowest BCUT2D eigenvalue weighted by Crippen LogP contribution is -2.20. The predicted molar refractivity (Wildman–Crippen MR) is 104 cm³/mol. The van der Waals surface area contributed by atoms with E-state index in [2.05, 4.69) is 4.99 Å². The minimum absolute atomic E-state index is 0.228. The molecule has 0 spiro atoms. The van der Waals surface area contributed by atoms with Crippen LogP contribution in [0.15, 0.2) is 50.3 Å². The molecule has 1 N–H and O–H groups in total. The van der Waals surface area contributed by atoms with Crippen molar-refractivity contribution >= 4 is 40.4 Å². The normalized spacial score (nSPS) is 16.5. The number of thiophene rings is 1. The Bertz CT molecular complexity index is 951. The fraction of sp³-hybridized carbons (Fsp3) is 0.316. The van der Waals surface area contributed by atoms with Gasteiger partial charge in [-0.15, -0.1) is 0 Å². The lowest BCUT2D eigenvalue weighted by Gasteiger charge is -2.22. The van der Waals surface area contributed by atoms with E-state index in [9.17, 15) is 14.7 Å². The highest BCUT2D eigenvalue weighted by atomic mass is 35.5. The van der Waals surface area contributed by atoms with Gasteiger partial charge in [-0.3, -0.25) is 14.6 Å². The Hall–Kier alpha value is -2.38. The molecule has 142 valence electrons. The highest BCUT2D eigenvalue weighted by Gasteiger charge is 2.37. The van der Waals surface area contributed by atoms with Crippen molar-refractivity contribution in [1.82, 2.24) is 0 Å². The molecular formula is C19H18ClNO5S. The molecule has 3 rings (SSSR count). The van der Waals surface area contributed by atoms with Crippen LogP contribution >= 0.6 is 22.9 Å². The van der Waals surface area contributed by atoms with Crippen molar-refractivity contribution in [2.75, 3.05) is 13.7 Å². The summed E-state index contributed by atoms with van der Waals surface area (Å²) in [6, 6.07) is 3.41. The number of ketones is 1. The summed E-state index contributed by atoms with van der Waals surface area (Å²) in [5.41, 5.74) is 2.47. The van der Waals surface area contributed by atoms with Gasteiger partial charge in [0, 0.05) is 17.7 Å². The number of Topliss-reactive ketones (excluding diaryl/α,β-unsaturated/α-hetero) is 1. The number of methoxy groups -OCH3 is 1. The summed E-state index contributed by atoms with van der Waals surface area (Å²) < 4.78 is 10.9. The Morgan fingerprint density at radius 2 is 2.11 bits per heavy atom. The molecule has 0 saturated carbocycles. The number of nitrogens with zero attached hydrogens (tertiary/aromatic N) is 1. The standard InChI is InChI=1S/C19H18ClNO5S/c1-4-26-15-6-5-13(27-15)18(24)17-16-10(7-14(22)23)9(2)21-12(16)8-11(20)19(17)25-3/h5-6H,4,7-8H2,1-3H3,(H,22,23). The van der Waals surface area contributed by atoms with E-state index < -0.39 is 5.97 Å². The number of fused-ring (bicyclic) bond motifs is 1. The van der Waals surface area contributed by atoms with Gasteiger partial charge in [-0.05, 0) is 31.6 Å². The van der Waals surface area contributed by atoms with Gasteiger partial charge < -0.3 is 14.6 Å². The summed E-state index contributed by atoms with van der Waals surface area (Å²) >= 11 is 7.59. The number of carboxylic acid groups (broad SMARTS) is 1. The number of carbonyl (C=O) groups excluding carboxylic acids is 1. The van der Waals surface area contributed by atoms with Gasteiger partial charge in [0.1, 0.15) is 5.76 Å². The Balaban J connectivity index is 2.16. The molecule has 27 heavy (non-hydrogen) atoms. The van der Waals surface area contributed by atoms with Crippen molar-refractivity contribution in [3.8, 4) is 5.06 Å². The van der Waals surface area contributed by atoms with E-state index in [0.29, 0.717) is 50.6 Å². The molecule has 0 unspecified atom stereocenters. The summed E-state index contributed by atoms with van der Waals surface area (Å²) in [6.45, 7) is 4.10. The molecule has 2 aliphatic rings. The van der Waals surface area contributed by atoms with Crippen molar-refractivity contribution in [1.29, 1.82) is 0 Å². The van der Waals surface area contributed by atoms with Crippen LogP contribution in [0, 0.1) is 0 Å². The van der Waals surface area contributed by atoms with Crippen LogP contribution in [0.5, 0.6) is 5.06 Å². The summed E-state index contributed by atoms with van der Waals surface area (Å²) in [5.74, 6) is -1.02. The quantitative estimate of drug-likeness (QED) is 0.680. The number of carboxylic acids is 1. The second-order valence-electron chi connectivity index (χ2n) is 5.94. The fourth-order valence-corrected chi connectivity index (χ4v) is 4.32. The van der Waals surface area contributed by atoms with Gasteiger partial charge in [-0.1, -0.05) is 22.9 Å². The first kappa shape index (κ1) is 19.4. The number of allylic oxidation sites excluding steroid dienone is 4. The van der Waals surface area contributed by atoms with E-state index in [1.54, 1.807) is 19.1 Å². The zero-order valence-electron chi connectivity index (χ0n) is 15.1. The lowest BCUT2D eigenvalue weighted by molar-refractivity contribution is -0.136. The predicted octanol–water partition coefficient (Wildman–Crippen LogP) is 4.33. The summed E-state index contributed by atoms with van der Waals surface area (Å²) in [7, 11) is 1.44. The zero-order valence-corrected chi connectivity index (χ0v) is 16.7. The fourth-order valence-electron chi connectivity index (χ4n) is 3.16. The maximum Gasteiger partial charge on any atom is 0.307 e. The first-order valence-electron chi connectivity index (χ1n) is 8.31. The Morgan fingerprint density at radius 3 is 2.74 bits per heavy atom. The Labute approximate surface area is 165 Å². The molecule has 0 saturated heterocycles. The van der Waals surface area contributed by atoms with Gasteiger partial charge >= 0.3 is 5.97 Å². The molecule has 0 atom stereocenters. The number of halogens is 1. The van der Waals surface area contributed by atoms with Crippen LogP contribution < -0.4 is 4.74 Å². The van der Waals surface area contributed by atoms with Gasteiger partial charge in [0.05, 0.1) is 41.3 Å². The summed E-state index contributed by atoms with van der Waals surface area (Å²) in [6.07, 6.45) is 0.0696. The monoisotopic (exact) mass is 407 g/mol. The molecule has 2 heterocycles. The summed E-state index contributed by atoms with van der Waals surface area (Å²) in [4.78, 5) is 29.6. The minimum atomic E-state index is -0.991. The third-order valence-corrected chi connectivity index (χ3v) is 5.53. The van der Waals surface area contributed by atoms with E-state index in [1.165, 1.54) is 18.4 Å². The average Bonchev–Trinajstić information content (AvgIpc) is 3.18. The molecule has 0 aromatic carbocycles. The molecule has 1 aromatic rings. The number of hydrogen-bond donors (Lipinski definition) is 1. The minimum Gasteiger partial charge on any atom is -0.495 e. The third kappa shape index (κ3) is 3.57. The van der Waals surface area contributed by atoms with Crippen molar-refractivity contribution in [2.24, 2.45) is 4.99 Å². The number of aliphatic carboxylic acids is 1. The molecule has 1 aliphatic carbocycles. The number of hydrogen-bond acceptors (Lipinski definition) is 6. The number of aliphatic imine (C=N–C) groups is 1. The van der Waals surface area contributed by atoms with Crippen molar-refractivity contribution in [2.45, 2.75) is 26.7 Å². The maximum atomic E-state index is 13.3. The molecule has 0 fully saturated rings. The lowest BCUT2D eigenvalue weighted by atomic mass is 9.86. The molecular weight excluding hydrogens is 390 g/mol. The van der Waals surface area contributed by atoms with Crippen LogP contribution in [0.25, 0.3) is 0 Å². The second-order valence-corrected chi connectivity index (χ2v) is 7.44. The van der Waals surface area contributed by atoms with Crippen LogP contribution in [0.3, 0.4) is 0 Å². The van der Waals surface area contributed by atoms with Crippen LogP contribution in [-0.2, 0) is 9.53 Å². The second kappa shape index (κ2) is 7.70. The van der Waals surface area contributed by atoms with E-state index >= 15 is 0 Å². The first-order valence-corrected chi connectivity index (χ1v) is 9.51. The van der Waals surface area contributed by atoms with Crippen molar-refractivity contribution in [3.05, 3.63) is 50.2 Å². The first-order chi connectivity index (χ1) is 12.9. The van der Waals surface area contributed by atoms with E-state index in [1.807, 2.05) is 6.92 Å². The molecule has 0 radical (unpaired) electrons. The van der Waals surface area contributed by atoms with Crippen LogP contribution in [-0.4, -0.2) is 36.3 Å². The molecule has 0 bridgehead atoms. The summed E-state index contributed by atoms with van der Waals surface area (Å²) in [5, 5.41) is 10.3. The number of ether oxygens (including phenoxy) is 2. The Kier molecular flexibility index (Phi) is 5.53. The van der Waals surface area contributed by atoms with E-state index in [-0.39, 0.29) is 23.5 Å². The smallest absolute Gasteiger partial charge is 0.307 e. The third-order valence-electron chi connectivity index (χ3n) is 4.23. The van der Waals surface area contributed by atoms with Gasteiger partial charge in [0.2, 0.25) is 5.78 Å². The molecule has 1 aromatic heterocycles. The molecule has 0 amide bonds. The van der Waals surface area contributed by atoms with Gasteiger partial charge in [0.15, 0.2) is 5.06 Å². The topological polar surface area (TPSA) is 85.2 Å². The molecule has 6 nitrogen and oxygen atoms in total. The number of rotatable bonds is 7. The van der Waals surface area contributed by atoms with Gasteiger partial charge in [0.25, 0.3) is 0 Å². The maximum absolute atomic E-state index is 13.3. The van der Waals surface area contributed by atoms with E-state index in [0.717, 1.165) is 0 Å². The van der Waals surface area contributed by atoms with Gasteiger partial charge in [-0.2, -0.15) is 0 Å². The Morgan fingerprint density at radius 1 is 1.37 bits per heavy atom. The SMILES string of the molecule is CCOc1ccc(C(=O)C2=C3C(=NC(C)=C3CC(=O)O)CC(Cl)=C2OC)s1. The van der Waals surface area contributed by atoms with Crippen LogP contribution in [0.2, 0.25) is 0 Å². The largest absolute Gasteiger partial charge is 0.495 e. The van der Waals surface area contributed by atoms with Gasteiger partial charge in [-0.25, -0.2) is 0 Å².